The molecule has 4 N–H and O–H groups in total. The molecule has 2 aliphatic rings. The van der Waals surface area contributed by atoms with E-state index < -0.39 is 29.4 Å². The van der Waals surface area contributed by atoms with Gasteiger partial charge in [0.1, 0.15) is 17.1 Å². The number of nitrogens with zero attached hydrogens (tertiary/aromatic N) is 4. The average molecular weight is 385 g/mol. The molecule has 0 aromatic carbocycles. The zero-order valence-electron chi connectivity index (χ0n) is 13.1. The molecule has 134 valence electrons. The van der Waals surface area contributed by atoms with Gasteiger partial charge in [-0.15, -0.1) is 22.0 Å². The Balaban J connectivity index is 1.87. The normalized spacial score (nSPS) is 22.6. The molecule has 2 aliphatic heterocycles. The number of rotatable bonds is 5. The van der Waals surface area contributed by atoms with Gasteiger partial charge in [0.25, 0.3) is 5.88 Å². The standard InChI is InChI=1S/C13H15N5O5S2/c1-2-17-10(21)8(19)15-16-13(17)25-4-5-3-24-11-6(14)9(20)18(11)7(5)12(22)23/h6,11H,2-4,14H2,1H3,(H,15,19)(H,22,23)/t6?,11-/m1/s1. The lowest BCUT2D eigenvalue weighted by Crippen LogP contribution is -2.68. The van der Waals surface area contributed by atoms with Gasteiger partial charge in [-0.05, 0) is 12.5 Å². The summed E-state index contributed by atoms with van der Waals surface area (Å²) in [7, 11) is 0. The summed E-state index contributed by atoms with van der Waals surface area (Å²) in [5.74, 6) is -1.65. The van der Waals surface area contributed by atoms with E-state index in [1.54, 1.807) is 6.92 Å². The van der Waals surface area contributed by atoms with E-state index in [0.29, 0.717) is 11.3 Å². The Kier molecular flexibility index (Phi) is 4.75. The second kappa shape index (κ2) is 6.69. The molecule has 0 aliphatic carbocycles. The van der Waals surface area contributed by atoms with Gasteiger partial charge < -0.3 is 15.9 Å². The van der Waals surface area contributed by atoms with Crippen LogP contribution in [0.1, 0.15) is 6.92 Å². The molecule has 0 spiro atoms. The smallest absolute Gasteiger partial charge is 0.352 e. The number of nitrogens with two attached hydrogens (primary N) is 1. The number of carbonyl (C=O) groups is 2. The number of carbonyl (C=O) groups excluding carboxylic acids is 1. The first-order chi connectivity index (χ1) is 11.9. The van der Waals surface area contributed by atoms with E-state index in [4.69, 9.17) is 5.73 Å². The second-order valence-corrected chi connectivity index (χ2v) is 7.38. The molecule has 3 heterocycles. The zero-order valence-corrected chi connectivity index (χ0v) is 14.7. The number of β-lactam (4-membered cyclic amide) rings is 1. The molecule has 1 aromatic heterocycles. The minimum Gasteiger partial charge on any atom is -0.488 e. The maximum absolute atomic E-state index is 11.9. The molecule has 1 amide bonds. The number of aromatic nitrogens is 3. The first-order valence-corrected chi connectivity index (χ1v) is 9.35. The van der Waals surface area contributed by atoms with Crippen LogP contribution in [-0.2, 0) is 16.1 Å². The fourth-order valence-corrected chi connectivity index (χ4v) is 5.05. The van der Waals surface area contributed by atoms with Gasteiger partial charge in [-0.1, -0.05) is 11.8 Å². The summed E-state index contributed by atoms with van der Waals surface area (Å²) < 4.78 is 1.25. The van der Waals surface area contributed by atoms with E-state index >= 15 is 0 Å². The topological polar surface area (TPSA) is 152 Å². The van der Waals surface area contributed by atoms with E-state index in [9.17, 15) is 24.6 Å². The molecule has 10 nitrogen and oxygen atoms in total. The maximum Gasteiger partial charge on any atom is 0.352 e. The van der Waals surface area contributed by atoms with Gasteiger partial charge in [0.05, 0.1) is 0 Å². The first-order valence-electron chi connectivity index (χ1n) is 7.31. The Morgan fingerprint density at radius 3 is 2.80 bits per heavy atom. The number of aliphatic carboxylic acids is 1. The van der Waals surface area contributed by atoms with E-state index in [-0.39, 0.29) is 28.5 Å². The van der Waals surface area contributed by atoms with Crippen molar-refractivity contribution >= 4 is 35.4 Å². The van der Waals surface area contributed by atoms with Gasteiger partial charge in [0.2, 0.25) is 5.91 Å². The fraction of sp³-hybridized carbons (Fsp3) is 0.462. The van der Waals surface area contributed by atoms with E-state index in [1.165, 1.54) is 21.2 Å². The molecule has 1 fully saturated rings. The summed E-state index contributed by atoms with van der Waals surface area (Å²) in [5, 5.41) is 25.9. The van der Waals surface area contributed by atoms with E-state index in [0.717, 1.165) is 11.8 Å². The van der Waals surface area contributed by atoms with Crippen LogP contribution >= 0.6 is 23.5 Å². The molecule has 0 saturated carbocycles. The molecule has 12 heteroatoms. The number of fused-ring (bicyclic) bond motifs is 1. The van der Waals surface area contributed by atoms with Gasteiger partial charge in [0, 0.05) is 18.1 Å². The van der Waals surface area contributed by atoms with Crippen LogP contribution in [-0.4, -0.2) is 64.7 Å². The molecule has 1 aromatic rings. The van der Waals surface area contributed by atoms with Crippen LogP contribution in [0.3, 0.4) is 0 Å². The number of carboxylic acids is 1. The Morgan fingerprint density at radius 1 is 1.44 bits per heavy atom. The lowest BCUT2D eigenvalue weighted by molar-refractivity contribution is -0.147. The van der Waals surface area contributed by atoms with Crippen molar-refractivity contribution in [2.24, 2.45) is 5.73 Å². The minimum absolute atomic E-state index is 0.0555. The van der Waals surface area contributed by atoms with Crippen molar-refractivity contribution in [2.75, 3.05) is 11.5 Å². The molecule has 1 saturated heterocycles. The largest absolute Gasteiger partial charge is 0.488 e. The van der Waals surface area contributed by atoms with Crippen LogP contribution in [0.4, 0.5) is 0 Å². The third-order valence-electron chi connectivity index (χ3n) is 3.88. The number of hydrogen-bond acceptors (Lipinski definition) is 9. The van der Waals surface area contributed by atoms with Crippen molar-refractivity contribution in [1.82, 2.24) is 19.7 Å². The lowest BCUT2D eigenvalue weighted by atomic mass is 10.0. The highest BCUT2D eigenvalue weighted by Gasteiger charge is 2.51. The molecule has 2 atom stereocenters. The average Bonchev–Trinajstić information content (AvgIpc) is 2.60. The zero-order chi connectivity index (χ0) is 18.3. The van der Waals surface area contributed by atoms with Crippen LogP contribution in [0.25, 0.3) is 0 Å². The highest BCUT2D eigenvalue weighted by molar-refractivity contribution is 8.01. The summed E-state index contributed by atoms with van der Waals surface area (Å²) >= 11 is 2.53. The summed E-state index contributed by atoms with van der Waals surface area (Å²) in [6, 6.07) is -0.679. The van der Waals surface area contributed by atoms with Gasteiger partial charge in [0.15, 0.2) is 5.16 Å². The highest BCUT2D eigenvalue weighted by Crippen LogP contribution is 2.40. The Bertz CT molecular complexity index is 839. The molecule has 0 bridgehead atoms. The van der Waals surface area contributed by atoms with Crippen LogP contribution < -0.4 is 11.3 Å². The molecule has 3 rings (SSSR count). The summed E-state index contributed by atoms with van der Waals surface area (Å²) in [6.45, 7) is 2.00. The van der Waals surface area contributed by atoms with Crippen molar-refractivity contribution in [1.29, 1.82) is 0 Å². The fourth-order valence-electron chi connectivity index (χ4n) is 2.62. The van der Waals surface area contributed by atoms with Crippen LogP contribution in [0.5, 0.6) is 5.88 Å². The Labute approximate surface area is 150 Å². The van der Waals surface area contributed by atoms with Crippen LogP contribution in [0.2, 0.25) is 0 Å². The summed E-state index contributed by atoms with van der Waals surface area (Å²) in [6.07, 6.45) is 0. The van der Waals surface area contributed by atoms with Gasteiger partial charge in [-0.25, -0.2) is 4.79 Å². The molecular formula is C13H15N5O5S2. The number of aromatic hydroxyl groups is 1. The molecular weight excluding hydrogens is 370 g/mol. The molecule has 1 unspecified atom stereocenters. The molecule has 0 radical (unpaired) electrons. The van der Waals surface area contributed by atoms with E-state index in [2.05, 4.69) is 10.2 Å². The predicted octanol–water partition coefficient (Wildman–Crippen LogP) is -0.963. The van der Waals surface area contributed by atoms with Gasteiger partial charge in [-0.2, -0.15) is 0 Å². The van der Waals surface area contributed by atoms with Crippen LogP contribution in [0, 0.1) is 0 Å². The second-order valence-electron chi connectivity index (χ2n) is 5.34. The predicted molar refractivity (Wildman–Crippen MR) is 90.1 cm³/mol. The minimum atomic E-state index is -1.19. The van der Waals surface area contributed by atoms with Crippen LogP contribution in [0.15, 0.2) is 21.2 Å². The third kappa shape index (κ3) is 2.89. The quantitative estimate of drug-likeness (QED) is 0.427. The number of carboxylic acid groups (broad SMARTS) is 1. The highest BCUT2D eigenvalue weighted by atomic mass is 32.2. The van der Waals surface area contributed by atoms with Crippen molar-refractivity contribution in [3.63, 3.8) is 0 Å². The third-order valence-corrected chi connectivity index (χ3v) is 6.29. The Hall–Kier alpha value is -2.05. The summed E-state index contributed by atoms with van der Waals surface area (Å²) in [5.41, 5.74) is 5.54. The maximum atomic E-state index is 11.9. The Morgan fingerprint density at radius 2 is 2.16 bits per heavy atom. The van der Waals surface area contributed by atoms with Crippen molar-refractivity contribution < 1.29 is 19.8 Å². The van der Waals surface area contributed by atoms with Crippen molar-refractivity contribution in [3.8, 4) is 5.88 Å². The SMILES string of the molecule is CCn1c(SCC2=C(C(=O)O)N3C(=O)C(N)[C@H]3SC2)nnc(O)c1=O. The van der Waals surface area contributed by atoms with Gasteiger partial charge in [-0.3, -0.25) is 19.1 Å². The first kappa shape index (κ1) is 17.8. The number of amides is 1. The molecule has 25 heavy (non-hydrogen) atoms. The van der Waals surface area contributed by atoms with E-state index in [1.807, 2.05) is 0 Å². The van der Waals surface area contributed by atoms with Crippen molar-refractivity contribution in [2.45, 2.75) is 30.0 Å². The monoisotopic (exact) mass is 385 g/mol. The number of hydrogen-bond donors (Lipinski definition) is 3. The lowest BCUT2D eigenvalue weighted by Gasteiger charge is -2.48. The van der Waals surface area contributed by atoms with Crippen molar-refractivity contribution in [3.05, 3.63) is 21.6 Å². The summed E-state index contributed by atoms with van der Waals surface area (Å²) in [4.78, 5) is 36.6. The van der Waals surface area contributed by atoms with Gasteiger partial charge >= 0.3 is 11.5 Å². The number of thioether (sulfide) groups is 2.